The molecule has 6 nitrogen and oxygen atoms in total. The number of carboxylic acids is 1. The number of carboxylic acid groups (broad SMARTS) is 1. The molecule has 116 valence electrons. The van der Waals surface area contributed by atoms with E-state index in [0.29, 0.717) is 22.6 Å². The summed E-state index contributed by atoms with van der Waals surface area (Å²) in [6.45, 7) is 3.10. The molecule has 0 saturated carbocycles. The number of aryl methyl sites for hydroxylation is 2. The molecule has 0 fully saturated rings. The van der Waals surface area contributed by atoms with Gasteiger partial charge in [0.15, 0.2) is 0 Å². The molecule has 0 saturated heterocycles. The number of hydrogen-bond donors (Lipinski definition) is 2. The predicted molar refractivity (Wildman–Crippen MR) is 75.1 cm³/mol. The Bertz CT molecular complexity index is 675. The van der Waals surface area contributed by atoms with Gasteiger partial charge in [0.25, 0.3) is 5.91 Å². The molecule has 0 bridgehead atoms. The Kier molecular flexibility index (Phi) is 4.55. The van der Waals surface area contributed by atoms with Crippen LogP contribution in [0.2, 0.25) is 0 Å². The number of hydrogen-bond acceptors (Lipinski definition) is 4. The van der Waals surface area contributed by atoms with Gasteiger partial charge in [-0.1, -0.05) is 17.3 Å². The van der Waals surface area contributed by atoms with Crippen molar-refractivity contribution in [2.45, 2.75) is 19.8 Å². The van der Waals surface area contributed by atoms with Gasteiger partial charge >= 0.3 is 5.97 Å². The van der Waals surface area contributed by atoms with Crippen LogP contribution in [0.4, 0.5) is 4.39 Å². The molecule has 0 aliphatic rings. The van der Waals surface area contributed by atoms with Crippen molar-refractivity contribution in [3.63, 3.8) is 0 Å². The molecule has 1 amide bonds. The summed E-state index contributed by atoms with van der Waals surface area (Å²) in [5.74, 6) is -2.61. The Morgan fingerprint density at radius 3 is 2.45 bits per heavy atom. The van der Waals surface area contributed by atoms with Crippen LogP contribution in [0.1, 0.15) is 33.3 Å². The predicted octanol–water partition coefficient (Wildman–Crippen LogP) is 2.03. The van der Waals surface area contributed by atoms with E-state index in [9.17, 15) is 19.1 Å². The SMILES string of the molecule is Cc1noc(C)c1C(=O)NCC(C(=O)O)c1ccc(F)cc1. The van der Waals surface area contributed by atoms with Crippen LogP contribution in [0.3, 0.4) is 0 Å². The molecule has 2 rings (SSSR count). The first-order chi connectivity index (χ1) is 10.4. The highest BCUT2D eigenvalue weighted by atomic mass is 19.1. The second kappa shape index (κ2) is 6.38. The van der Waals surface area contributed by atoms with Gasteiger partial charge in [-0.3, -0.25) is 9.59 Å². The number of carbonyl (C=O) groups excluding carboxylic acids is 1. The fourth-order valence-electron chi connectivity index (χ4n) is 2.13. The van der Waals surface area contributed by atoms with E-state index in [-0.39, 0.29) is 6.54 Å². The van der Waals surface area contributed by atoms with Crippen LogP contribution in [0.5, 0.6) is 0 Å². The topological polar surface area (TPSA) is 92.4 Å². The van der Waals surface area contributed by atoms with E-state index in [1.807, 2.05) is 0 Å². The minimum Gasteiger partial charge on any atom is -0.481 e. The van der Waals surface area contributed by atoms with Crippen LogP contribution in [-0.4, -0.2) is 28.7 Å². The van der Waals surface area contributed by atoms with Crippen molar-refractivity contribution in [3.8, 4) is 0 Å². The van der Waals surface area contributed by atoms with Crippen molar-refractivity contribution in [2.24, 2.45) is 0 Å². The number of halogens is 1. The van der Waals surface area contributed by atoms with Crippen molar-refractivity contribution in [3.05, 3.63) is 52.7 Å². The number of benzene rings is 1. The fourth-order valence-corrected chi connectivity index (χ4v) is 2.13. The maximum absolute atomic E-state index is 12.9. The molecule has 1 unspecified atom stereocenters. The van der Waals surface area contributed by atoms with Crippen molar-refractivity contribution < 1.29 is 23.6 Å². The zero-order chi connectivity index (χ0) is 16.3. The molecule has 2 N–H and O–H groups in total. The van der Waals surface area contributed by atoms with Crippen LogP contribution in [0.25, 0.3) is 0 Å². The van der Waals surface area contributed by atoms with Gasteiger partial charge in [-0.05, 0) is 31.5 Å². The lowest BCUT2D eigenvalue weighted by Gasteiger charge is -2.13. The number of amides is 1. The largest absolute Gasteiger partial charge is 0.481 e. The van der Waals surface area contributed by atoms with E-state index in [0.717, 1.165) is 0 Å². The molecular weight excluding hydrogens is 291 g/mol. The summed E-state index contributed by atoms with van der Waals surface area (Å²) in [6, 6.07) is 5.13. The highest BCUT2D eigenvalue weighted by Gasteiger charge is 2.23. The first-order valence-electron chi connectivity index (χ1n) is 6.59. The van der Waals surface area contributed by atoms with E-state index >= 15 is 0 Å². The van der Waals surface area contributed by atoms with Gasteiger partial charge in [-0.2, -0.15) is 0 Å². The quantitative estimate of drug-likeness (QED) is 0.881. The van der Waals surface area contributed by atoms with Gasteiger partial charge < -0.3 is 14.9 Å². The minimum atomic E-state index is -1.11. The maximum Gasteiger partial charge on any atom is 0.312 e. The van der Waals surface area contributed by atoms with Gasteiger partial charge in [-0.15, -0.1) is 0 Å². The van der Waals surface area contributed by atoms with Gasteiger partial charge in [-0.25, -0.2) is 4.39 Å². The Labute approximate surface area is 125 Å². The second-order valence-corrected chi connectivity index (χ2v) is 4.85. The average Bonchev–Trinajstić information content (AvgIpc) is 2.80. The smallest absolute Gasteiger partial charge is 0.312 e. The van der Waals surface area contributed by atoms with Crippen LogP contribution in [0.15, 0.2) is 28.8 Å². The molecule has 0 aliphatic carbocycles. The molecular formula is C15H15FN2O4. The molecule has 22 heavy (non-hydrogen) atoms. The third-order valence-corrected chi connectivity index (χ3v) is 3.30. The van der Waals surface area contributed by atoms with Gasteiger partial charge in [0.05, 0.1) is 11.6 Å². The Morgan fingerprint density at radius 2 is 1.95 bits per heavy atom. The van der Waals surface area contributed by atoms with Crippen LogP contribution in [0, 0.1) is 19.7 Å². The summed E-state index contributed by atoms with van der Waals surface area (Å²) >= 11 is 0. The summed E-state index contributed by atoms with van der Waals surface area (Å²) < 4.78 is 17.8. The Hall–Kier alpha value is -2.70. The van der Waals surface area contributed by atoms with Gasteiger partial charge in [0.1, 0.15) is 17.1 Å². The zero-order valence-corrected chi connectivity index (χ0v) is 12.1. The lowest BCUT2D eigenvalue weighted by atomic mass is 9.99. The molecule has 1 aromatic carbocycles. The number of aromatic nitrogens is 1. The lowest BCUT2D eigenvalue weighted by Crippen LogP contribution is -2.32. The molecule has 7 heteroatoms. The minimum absolute atomic E-state index is 0.121. The second-order valence-electron chi connectivity index (χ2n) is 4.85. The first-order valence-corrected chi connectivity index (χ1v) is 6.59. The van der Waals surface area contributed by atoms with Crippen molar-refractivity contribution in [2.75, 3.05) is 6.54 Å². The van der Waals surface area contributed by atoms with Gasteiger partial charge in [0.2, 0.25) is 0 Å². The number of nitrogens with one attached hydrogen (secondary N) is 1. The Balaban J connectivity index is 2.11. The zero-order valence-electron chi connectivity index (χ0n) is 12.1. The van der Waals surface area contributed by atoms with Crippen molar-refractivity contribution >= 4 is 11.9 Å². The third-order valence-electron chi connectivity index (χ3n) is 3.30. The van der Waals surface area contributed by atoms with Crippen LogP contribution in [-0.2, 0) is 4.79 Å². The van der Waals surface area contributed by atoms with Crippen molar-refractivity contribution in [1.29, 1.82) is 0 Å². The normalized spacial score (nSPS) is 12.0. The highest BCUT2D eigenvalue weighted by Crippen LogP contribution is 2.17. The van der Waals surface area contributed by atoms with Crippen LogP contribution < -0.4 is 5.32 Å². The standard InChI is InChI=1S/C15H15FN2O4/c1-8-13(9(2)22-18-8)14(19)17-7-12(15(20)21)10-3-5-11(16)6-4-10/h3-6,12H,7H2,1-2H3,(H,17,19)(H,20,21). The molecule has 1 atom stereocenters. The number of rotatable bonds is 5. The highest BCUT2D eigenvalue weighted by molar-refractivity contribution is 5.96. The number of nitrogens with zero attached hydrogens (tertiary/aromatic N) is 1. The molecule has 2 aromatic rings. The molecule has 0 radical (unpaired) electrons. The third kappa shape index (κ3) is 3.30. The molecule has 0 spiro atoms. The van der Waals surface area contributed by atoms with E-state index in [4.69, 9.17) is 4.52 Å². The molecule has 1 heterocycles. The van der Waals surface area contributed by atoms with Crippen LogP contribution >= 0.6 is 0 Å². The lowest BCUT2D eigenvalue weighted by molar-refractivity contribution is -0.138. The van der Waals surface area contributed by atoms with E-state index in [2.05, 4.69) is 10.5 Å². The maximum atomic E-state index is 12.9. The first kappa shape index (κ1) is 15.7. The summed E-state index contributed by atoms with van der Waals surface area (Å²) in [5.41, 5.74) is 1.14. The summed E-state index contributed by atoms with van der Waals surface area (Å²) in [5, 5.41) is 15.5. The van der Waals surface area contributed by atoms with Gasteiger partial charge in [0, 0.05) is 6.54 Å². The number of aliphatic carboxylic acids is 1. The summed E-state index contributed by atoms with van der Waals surface area (Å²) in [6.07, 6.45) is 0. The van der Waals surface area contributed by atoms with E-state index in [1.165, 1.54) is 24.3 Å². The monoisotopic (exact) mass is 306 g/mol. The number of carbonyl (C=O) groups is 2. The van der Waals surface area contributed by atoms with Crippen molar-refractivity contribution in [1.82, 2.24) is 10.5 Å². The molecule has 0 aliphatic heterocycles. The van der Waals surface area contributed by atoms with E-state index in [1.54, 1.807) is 13.8 Å². The summed E-state index contributed by atoms with van der Waals surface area (Å²) in [7, 11) is 0. The fraction of sp³-hybridized carbons (Fsp3) is 0.267. The van der Waals surface area contributed by atoms with E-state index < -0.39 is 23.6 Å². The molecule has 1 aromatic heterocycles. The summed E-state index contributed by atoms with van der Waals surface area (Å²) in [4.78, 5) is 23.4. The Morgan fingerprint density at radius 1 is 1.32 bits per heavy atom. The average molecular weight is 306 g/mol.